The Morgan fingerprint density at radius 3 is 2.47 bits per heavy atom. The van der Waals surface area contributed by atoms with Gasteiger partial charge in [0, 0.05) is 25.6 Å². The highest BCUT2D eigenvalue weighted by molar-refractivity contribution is 9.10. The highest BCUT2D eigenvalue weighted by Gasteiger charge is 2.37. The van der Waals surface area contributed by atoms with Gasteiger partial charge in [0.05, 0.1) is 0 Å². The van der Waals surface area contributed by atoms with E-state index in [4.69, 9.17) is 0 Å². The summed E-state index contributed by atoms with van der Waals surface area (Å²) in [6.45, 7) is 4.43. The summed E-state index contributed by atoms with van der Waals surface area (Å²) >= 11 is 3.50. The molecule has 1 aromatic rings. The van der Waals surface area contributed by atoms with Crippen LogP contribution >= 0.6 is 15.9 Å². The highest BCUT2D eigenvalue weighted by Crippen LogP contribution is 2.46. The van der Waals surface area contributed by atoms with Gasteiger partial charge in [-0.3, -0.25) is 0 Å². The molecule has 2 fully saturated rings. The molecule has 1 saturated heterocycles. The van der Waals surface area contributed by atoms with Crippen molar-refractivity contribution >= 4 is 21.7 Å². The van der Waals surface area contributed by atoms with Crippen molar-refractivity contribution in [2.75, 3.05) is 18.0 Å². The van der Waals surface area contributed by atoms with Crippen LogP contribution in [0.25, 0.3) is 0 Å². The number of hydrogen-bond acceptors (Lipinski definition) is 3. The number of aromatic nitrogens is 2. The second kappa shape index (κ2) is 5.39. The van der Waals surface area contributed by atoms with E-state index in [2.05, 4.69) is 43.8 Å². The van der Waals surface area contributed by atoms with Crippen LogP contribution in [0.4, 0.5) is 5.82 Å². The highest BCUT2D eigenvalue weighted by atomic mass is 79.9. The molecule has 19 heavy (non-hydrogen) atoms. The Bertz CT molecular complexity index is 445. The zero-order chi connectivity index (χ0) is 13.3. The topological polar surface area (TPSA) is 29.0 Å². The van der Waals surface area contributed by atoms with Crippen molar-refractivity contribution < 1.29 is 0 Å². The van der Waals surface area contributed by atoms with Gasteiger partial charge in [0.15, 0.2) is 0 Å². The maximum Gasteiger partial charge on any atom is 0.133 e. The zero-order valence-corrected chi connectivity index (χ0v) is 13.2. The molecule has 104 valence electrons. The summed E-state index contributed by atoms with van der Waals surface area (Å²) in [6, 6.07) is 2.06. The normalized spacial score (nSPS) is 22.1. The van der Waals surface area contributed by atoms with Crippen molar-refractivity contribution in [3.8, 4) is 0 Å². The third-order valence-electron chi connectivity index (χ3n) is 4.86. The number of hydrogen-bond donors (Lipinski definition) is 0. The van der Waals surface area contributed by atoms with Gasteiger partial charge in [0.1, 0.15) is 16.2 Å². The fourth-order valence-electron chi connectivity index (χ4n) is 3.61. The number of rotatable bonds is 2. The molecule has 0 amide bonds. The molecule has 1 saturated carbocycles. The van der Waals surface area contributed by atoms with E-state index in [1.807, 2.05) is 0 Å². The molecule has 0 N–H and O–H groups in total. The molecule has 3 rings (SSSR count). The van der Waals surface area contributed by atoms with Gasteiger partial charge >= 0.3 is 0 Å². The van der Waals surface area contributed by atoms with E-state index >= 15 is 0 Å². The first-order valence-corrected chi connectivity index (χ1v) is 8.28. The molecule has 0 unspecified atom stereocenters. The molecule has 1 aromatic heterocycles. The van der Waals surface area contributed by atoms with Crippen molar-refractivity contribution in [3.05, 3.63) is 16.5 Å². The molecular weight excluding hydrogens is 302 g/mol. The van der Waals surface area contributed by atoms with E-state index in [0.29, 0.717) is 5.41 Å². The van der Waals surface area contributed by atoms with Crippen LogP contribution in [0.5, 0.6) is 0 Å². The van der Waals surface area contributed by atoms with Gasteiger partial charge in [0.25, 0.3) is 0 Å². The first-order chi connectivity index (χ1) is 9.21. The zero-order valence-electron chi connectivity index (χ0n) is 11.7. The second-order valence-corrected chi connectivity index (χ2v) is 6.83. The molecule has 0 radical (unpaired) electrons. The molecule has 1 aliphatic heterocycles. The van der Waals surface area contributed by atoms with Gasteiger partial charge in [-0.1, -0.05) is 19.8 Å². The number of halogens is 1. The summed E-state index contributed by atoms with van der Waals surface area (Å²) in [4.78, 5) is 11.5. The van der Waals surface area contributed by atoms with Gasteiger partial charge in [-0.25, -0.2) is 9.97 Å². The number of piperidine rings is 1. The predicted molar refractivity (Wildman–Crippen MR) is 81.5 cm³/mol. The number of aryl methyl sites for hydroxylation is 1. The number of nitrogens with zero attached hydrogens (tertiary/aromatic N) is 3. The average molecular weight is 324 g/mol. The smallest absolute Gasteiger partial charge is 0.133 e. The van der Waals surface area contributed by atoms with E-state index in [-0.39, 0.29) is 0 Å². The van der Waals surface area contributed by atoms with Crippen LogP contribution in [0.15, 0.2) is 10.7 Å². The Hall–Kier alpha value is -0.640. The molecule has 2 aliphatic rings. The summed E-state index contributed by atoms with van der Waals surface area (Å²) in [7, 11) is 0. The van der Waals surface area contributed by atoms with Crippen molar-refractivity contribution in [1.29, 1.82) is 0 Å². The third-order valence-corrected chi connectivity index (χ3v) is 5.26. The fourth-order valence-corrected chi connectivity index (χ4v) is 4.02. The molecule has 4 heteroatoms. The maximum atomic E-state index is 4.68. The minimum Gasteiger partial charge on any atom is -0.356 e. The van der Waals surface area contributed by atoms with E-state index in [1.54, 1.807) is 0 Å². The largest absolute Gasteiger partial charge is 0.356 e. The summed E-state index contributed by atoms with van der Waals surface area (Å²) in [5.41, 5.74) is 0.675. The molecule has 0 bridgehead atoms. The van der Waals surface area contributed by atoms with Crippen molar-refractivity contribution in [2.45, 2.75) is 51.9 Å². The lowest BCUT2D eigenvalue weighted by atomic mass is 9.77. The Balaban J connectivity index is 1.72. The molecule has 2 heterocycles. The molecular formula is C15H22BrN3. The quantitative estimate of drug-likeness (QED) is 0.771. The van der Waals surface area contributed by atoms with Gasteiger partial charge in [-0.15, -0.1) is 0 Å². The van der Waals surface area contributed by atoms with E-state index < -0.39 is 0 Å². The second-order valence-electron chi connectivity index (χ2n) is 6.01. The van der Waals surface area contributed by atoms with Crippen molar-refractivity contribution in [3.63, 3.8) is 0 Å². The standard InChI is InChI=1S/C15H22BrN3/c1-2-13-17-12(16)11-14(18-13)19-9-7-15(8-10-19)5-3-4-6-15/h11H,2-10H2,1H3. The van der Waals surface area contributed by atoms with Crippen molar-refractivity contribution in [1.82, 2.24) is 9.97 Å². The van der Waals surface area contributed by atoms with Crippen LogP contribution in [-0.2, 0) is 6.42 Å². The Morgan fingerprint density at radius 1 is 1.16 bits per heavy atom. The Morgan fingerprint density at radius 2 is 1.84 bits per heavy atom. The van der Waals surface area contributed by atoms with Gasteiger partial charge in [-0.05, 0) is 47.0 Å². The predicted octanol–water partition coefficient (Wildman–Crippen LogP) is 3.96. The Kier molecular flexibility index (Phi) is 3.79. The van der Waals surface area contributed by atoms with Crippen LogP contribution in [0.1, 0.15) is 51.3 Å². The molecule has 3 nitrogen and oxygen atoms in total. The van der Waals surface area contributed by atoms with Crippen LogP contribution in [0, 0.1) is 5.41 Å². The van der Waals surface area contributed by atoms with E-state index in [9.17, 15) is 0 Å². The number of anilines is 1. The van der Waals surface area contributed by atoms with Gasteiger partial charge < -0.3 is 4.90 Å². The fraction of sp³-hybridized carbons (Fsp3) is 0.733. The lowest BCUT2D eigenvalue weighted by Crippen LogP contribution is -2.39. The first-order valence-electron chi connectivity index (χ1n) is 7.49. The summed E-state index contributed by atoms with van der Waals surface area (Å²) in [6.07, 6.45) is 9.37. The van der Waals surface area contributed by atoms with E-state index in [1.165, 1.54) is 38.5 Å². The Labute approximate surface area is 124 Å². The first kappa shape index (κ1) is 13.3. The van der Waals surface area contributed by atoms with Crippen molar-refractivity contribution in [2.24, 2.45) is 5.41 Å². The van der Waals surface area contributed by atoms with Gasteiger partial charge in [0.2, 0.25) is 0 Å². The van der Waals surface area contributed by atoms with Crippen LogP contribution in [0.2, 0.25) is 0 Å². The lowest BCUT2D eigenvalue weighted by molar-refractivity contribution is 0.226. The average Bonchev–Trinajstić information content (AvgIpc) is 2.87. The summed E-state index contributed by atoms with van der Waals surface area (Å²) < 4.78 is 0.913. The van der Waals surface area contributed by atoms with Gasteiger partial charge in [-0.2, -0.15) is 0 Å². The van der Waals surface area contributed by atoms with Crippen LogP contribution < -0.4 is 4.90 Å². The summed E-state index contributed by atoms with van der Waals surface area (Å²) in [5, 5.41) is 0. The molecule has 0 aromatic carbocycles. The SMILES string of the molecule is CCc1nc(Br)cc(N2CCC3(CCCC3)CC2)n1. The maximum absolute atomic E-state index is 4.68. The van der Waals surface area contributed by atoms with Crippen LogP contribution in [0.3, 0.4) is 0 Å². The third kappa shape index (κ3) is 2.78. The van der Waals surface area contributed by atoms with E-state index in [0.717, 1.165) is 35.8 Å². The minimum absolute atomic E-state index is 0.675. The monoisotopic (exact) mass is 323 g/mol. The molecule has 0 atom stereocenters. The van der Waals surface area contributed by atoms with Crippen LogP contribution in [-0.4, -0.2) is 23.1 Å². The molecule has 1 spiro atoms. The summed E-state index contributed by atoms with van der Waals surface area (Å²) in [5.74, 6) is 2.04. The molecule has 1 aliphatic carbocycles. The lowest BCUT2D eigenvalue weighted by Gasteiger charge is -2.40. The minimum atomic E-state index is 0.675.